The molecule has 0 aliphatic carbocycles. The van der Waals surface area contributed by atoms with Crippen LogP contribution < -0.4 is 20.1 Å². The van der Waals surface area contributed by atoms with Crippen molar-refractivity contribution in [3.05, 3.63) is 83.2 Å². The predicted molar refractivity (Wildman–Crippen MR) is 152 cm³/mol. The van der Waals surface area contributed by atoms with Crippen LogP contribution in [0.25, 0.3) is 11.3 Å². The van der Waals surface area contributed by atoms with E-state index >= 15 is 0 Å². The van der Waals surface area contributed by atoms with Crippen LogP contribution >= 0.6 is 23.1 Å². The van der Waals surface area contributed by atoms with E-state index in [4.69, 9.17) is 9.47 Å². The number of aromatic nitrogens is 1. The highest BCUT2D eigenvalue weighted by atomic mass is 32.2. The number of rotatable bonds is 10. The number of amides is 2. The predicted octanol–water partition coefficient (Wildman–Crippen LogP) is 5.90. The van der Waals surface area contributed by atoms with E-state index in [1.165, 1.54) is 35.2 Å². The topological polar surface area (TPSA) is 127 Å². The van der Waals surface area contributed by atoms with Crippen LogP contribution in [-0.2, 0) is 4.79 Å². The molecule has 0 aliphatic rings. The third kappa shape index (κ3) is 6.75. The maximum Gasteiger partial charge on any atom is 0.336 e. The fraction of sp³-hybridized carbons (Fsp3) is 0.143. The summed E-state index contributed by atoms with van der Waals surface area (Å²) in [5.41, 5.74) is 2.06. The van der Waals surface area contributed by atoms with Crippen molar-refractivity contribution < 1.29 is 29.0 Å². The van der Waals surface area contributed by atoms with E-state index in [1.54, 1.807) is 63.6 Å². The molecule has 1 aromatic heterocycles. The van der Waals surface area contributed by atoms with Crippen molar-refractivity contribution in [2.75, 3.05) is 24.9 Å². The number of methoxy groups -OCH3 is 2. The molecular formula is C28H25N3O6S2. The Balaban J connectivity index is 1.34. The van der Waals surface area contributed by atoms with Gasteiger partial charge in [-0.15, -0.1) is 23.1 Å². The van der Waals surface area contributed by atoms with Crippen LogP contribution in [0.1, 0.15) is 27.6 Å². The van der Waals surface area contributed by atoms with Gasteiger partial charge in [0.2, 0.25) is 5.91 Å². The van der Waals surface area contributed by atoms with Gasteiger partial charge in [0.15, 0.2) is 16.6 Å². The quantitative estimate of drug-likeness (QED) is 0.204. The minimum atomic E-state index is -1.17. The Morgan fingerprint density at radius 3 is 2.28 bits per heavy atom. The number of carbonyl (C=O) groups is 3. The molecule has 0 spiro atoms. The van der Waals surface area contributed by atoms with Gasteiger partial charge in [-0.25, -0.2) is 9.78 Å². The average molecular weight is 564 g/mol. The molecule has 1 unspecified atom stereocenters. The lowest BCUT2D eigenvalue weighted by molar-refractivity contribution is -0.115. The highest BCUT2D eigenvalue weighted by Gasteiger charge is 2.18. The molecule has 0 radical (unpaired) electrons. The Morgan fingerprint density at radius 1 is 0.923 bits per heavy atom. The maximum atomic E-state index is 12.8. The van der Waals surface area contributed by atoms with Crippen LogP contribution in [0, 0.1) is 0 Å². The zero-order valence-corrected chi connectivity index (χ0v) is 22.9. The Kier molecular flexibility index (Phi) is 8.84. The van der Waals surface area contributed by atoms with E-state index in [0.29, 0.717) is 28.0 Å². The Morgan fingerprint density at radius 2 is 1.62 bits per heavy atom. The summed E-state index contributed by atoms with van der Waals surface area (Å²) >= 11 is 2.68. The van der Waals surface area contributed by atoms with Gasteiger partial charge in [-0.05, 0) is 61.5 Å². The standard InChI is InChI=1S/C28H25N3O6S2/c1-16(25(32)31-28-30-22(15-38-28)17-8-13-23(36-2)24(14-17)37-3)39-19-11-9-18(10-12-19)29-26(33)20-6-4-5-7-21(20)27(34)35/h4-16H,1-3H3,(H,29,33)(H,34,35)(H,30,31,32). The molecule has 1 atom stereocenters. The summed E-state index contributed by atoms with van der Waals surface area (Å²) in [4.78, 5) is 42.1. The van der Waals surface area contributed by atoms with E-state index in [1.807, 2.05) is 17.5 Å². The van der Waals surface area contributed by atoms with Gasteiger partial charge in [-0.3, -0.25) is 9.59 Å². The van der Waals surface area contributed by atoms with Crippen molar-refractivity contribution in [2.45, 2.75) is 17.1 Å². The van der Waals surface area contributed by atoms with E-state index in [0.717, 1.165) is 10.5 Å². The monoisotopic (exact) mass is 563 g/mol. The largest absolute Gasteiger partial charge is 0.493 e. The molecule has 3 aromatic carbocycles. The third-order valence-corrected chi connectivity index (χ3v) is 7.48. The molecule has 2 amide bonds. The number of nitrogens with one attached hydrogen (secondary N) is 2. The molecule has 200 valence electrons. The Bertz CT molecular complexity index is 1500. The van der Waals surface area contributed by atoms with Gasteiger partial charge in [0.05, 0.1) is 36.3 Å². The number of thioether (sulfide) groups is 1. The molecular weight excluding hydrogens is 538 g/mol. The summed E-state index contributed by atoms with van der Waals surface area (Å²) in [6.07, 6.45) is 0. The molecule has 0 bridgehead atoms. The van der Waals surface area contributed by atoms with Crippen molar-refractivity contribution in [3.8, 4) is 22.8 Å². The lowest BCUT2D eigenvalue weighted by atomic mass is 10.1. The van der Waals surface area contributed by atoms with Crippen molar-refractivity contribution in [2.24, 2.45) is 0 Å². The number of anilines is 2. The van der Waals surface area contributed by atoms with Crippen LogP contribution in [0.4, 0.5) is 10.8 Å². The van der Waals surface area contributed by atoms with Gasteiger partial charge in [0.1, 0.15) is 0 Å². The molecule has 11 heteroatoms. The molecule has 0 fully saturated rings. The van der Waals surface area contributed by atoms with Crippen LogP contribution in [0.15, 0.2) is 77.0 Å². The van der Waals surface area contributed by atoms with Crippen molar-refractivity contribution in [1.82, 2.24) is 4.98 Å². The number of nitrogens with zero attached hydrogens (tertiary/aromatic N) is 1. The summed E-state index contributed by atoms with van der Waals surface area (Å²) in [6, 6.07) is 18.5. The molecule has 0 saturated carbocycles. The molecule has 4 aromatic rings. The number of ether oxygens (including phenoxy) is 2. The fourth-order valence-corrected chi connectivity index (χ4v) is 5.20. The van der Waals surface area contributed by atoms with Gasteiger partial charge in [-0.1, -0.05) is 12.1 Å². The van der Waals surface area contributed by atoms with E-state index in [2.05, 4.69) is 15.6 Å². The molecule has 3 N–H and O–H groups in total. The van der Waals surface area contributed by atoms with Gasteiger partial charge in [0.25, 0.3) is 5.91 Å². The molecule has 0 saturated heterocycles. The summed E-state index contributed by atoms with van der Waals surface area (Å²) in [5, 5.41) is 16.8. The van der Waals surface area contributed by atoms with Gasteiger partial charge in [-0.2, -0.15) is 0 Å². The van der Waals surface area contributed by atoms with Gasteiger partial charge < -0.3 is 25.2 Å². The van der Waals surface area contributed by atoms with Crippen molar-refractivity contribution in [3.63, 3.8) is 0 Å². The number of carboxylic acids is 1. The number of carboxylic acid groups (broad SMARTS) is 1. The zero-order chi connectivity index (χ0) is 27.9. The lowest BCUT2D eigenvalue weighted by Gasteiger charge is -2.12. The minimum Gasteiger partial charge on any atom is -0.493 e. The number of benzene rings is 3. The van der Waals surface area contributed by atoms with Crippen LogP contribution in [0.5, 0.6) is 11.5 Å². The first-order chi connectivity index (χ1) is 18.8. The van der Waals surface area contributed by atoms with Crippen LogP contribution in [0.2, 0.25) is 0 Å². The van der Waals surface area contributed by atoms with E-state index < -0.39 is 17.1 Å². The molecule has 9 nitrogen and oxygen atoms in total. The number of hydrogen-bond acceptors (Lipinski definition) is 8. The third-order valence-electron chi connectivity index (χ3n) is 5.61. The Hall–Kier alpha value is -4.35. The summed E-state index contributed by atoms with van der Waals surface area (Å²) in [6.45, 7) is 1.79. The van der Waals surface area contributed by atoms with E-state index in [-0.39, 0.29) is 17.0 Å². The van der Waals surface area contributed by atoms with Crippen molar-refractivity contribution in [1.29, 1.82) is 0 Å². The number of thiazole rings is 1. The molecule has 0 aliphatic heterocycles. The smallest absolute Gasteiger partial charge is 0.336 e. The molecule has 4 rings (SSSR count). The summed E-state index contributed by atoms with van der Waals surface area (Å²) in [5.74, 6) is -0.674. The highest BCUT2D eigenvalue weighted by molar-refractivity contribution is 8.00. The number of carbonyl (C=O) groups excluding carboxylic acids is 2. The number of aromatic carboxylic acids is 1. The first kappa shape index (κ1) is 27.7. The fourth-order valence-electron chi connectivity index (χ4n) is 3.61. The number of hydrogen-bond donors (Lipinski definition) is 3. The second-order valence-electron chi connectivity index (χ2n) is 8.19. The zero-order valence-electron chi connectivity index (χ0n) is 21.3. The normalized spacial score (nSPS) is 11.4. The summed E-state index contributed by atoms with van der Waals surface area (Å²) in [7, 11) is 3.14. The second kappa shape index (κ2) is 12.5. The van der Waals surface area contributed by atoms with Crippen LogP contribution in [-0.4, -0.2) is 47.3 Å². The van der Waals surface area contributed by atoms with Gasteiger partial charge >= 0.3 is 5.97 Å². The lowest BCUT2D eigenvalue weighted by Crippen LogP contribution is -2.22. The van der Waals surface area contributed by atoms with Crippen LogP contribution in [0.3, 0.4) is 0 Å². The molecule has 39 heavy (non-hydrogen) atoms. The first-order valence-electron chi connectivity index (χ1n) is 11.7. The minimum absolute atomic E-state index is 0.0712. The SMILES string of the molecule is COc1ccc(-c2csc(NC(=O)C(C)Sc3ccc(NC(=O)c4ccccc4C(=O)O)cc3)n2)cc1OC. The van der Waals surface area contributed by atoms with Crippen molar-refractivity contribution >= 4 is 51.7 Å². The summed E-state index contributed by atoms with van der Waals surface area (Å²) < 4.78 is 10.6. The Labute approximate surface area is 233 Å². The molecule has 1 heterocycles. The van der Waals surface area contributed by atoms with Gasteiger partial charge in [0, 0.05) is 21.5 Å². The first-order valence-corrected chi connectivity index (χ1v) is 13.4. The highest BCUT2D eigenvalue weighted by Crippen LogP contribution is 2.34. The average Bonchev–Trinajstić information content (AvgIpc) is 3.42. The maximum absolute atomic E-state index is 12.8. The van der Waals surface area contributed by atoms with E-state index in [9.17, 15) is 19.5 Å². The second-order valence-corrected chi connectivity index (χ2v) is 10.5.